The summed E-state index contributed by atoms with van der Waals surface area (Å²) in [5.41, 5.74) is -0.633. The molecule has 1 aliphatic heterocycles. The van der Waals surface area contributed by atoms with Crippen LogP contribution in [-0.2, 0) is 22.1 Å². The van der Waals surface area contributed by atoms with Gasteiger partial charge in [0.05, 0.1) is 5.60 Å². The predicted octanol–water partition coefficient (Wildman–Crippen LogP) is 1.56. The highest BCUT2D eigenvalue weighted by atomic mass is 29.3. The van der Waals surface area contributed by atoms with Crippen molar-refractivity contribution < 1.29 is 22.1 Å². The monoisotopic (exact) mass is 290 g/mol. The molecule has 0 unspecified atom stereocenters. The summed E-state index contributed by atoms with van der Waals surface area (Å²) in [5, 5.41) is 0. The minimum atomic E-state index is -3.04. The molecule has 1 aliphatic rings. The molecule has 7 heteroatoms. The molecule has 0 radical (unpaired) electrons. The topological polar surface area (TPSA) is 46.2 Å². The fourth-order valence-corrected chi connectivity index (χ4v) is 12.0. The highest BCUT2D eigenvalue weighted by molar-refractivity contribution is 7.29. The highest BCUT2D eigenvalue weighted by Crippen LogP contribution is 2.41. The first kappa shape index (κ1) is 15.8. The molecular formula is C11H22O5Si2. The Bertz CT molecular complexity index is 305. The Kier molecular flexibility index (Phi) is 5.07. The lowest BCUT2D eigenvalue weighted by atomic mass is 10.0. The van der Waals surface area contributed by atoms with Gasteiger partial charge < -0.3 is 22.1 Å². The molecule has 0 N–H and O–H groups in total. The lowest BCUT2D eigenvalue weighted by Gasteiger charge is -2.48. The highest BCUT2D eigenvalue weighted by Gasteiger charge is 2.71. The van der Waals surface area contributed by atoms with E-state index >= 15 is 0 Å². The molecule has 0 aromatic rings. The lowest BCUT2D eigenvalue weighted by Crippen LogP contribution is -2.75. The predicted molar refractivity (Wildman–Crippen MR) is 73.2 cm³/mol. The summed E-state index contributed by atoms with van der Waals surface area (Å²) >= 11 is 0. The van der Waals surface area contributed by atoms with Crippen LogP contribution >= 0.6 is 0 Å². The Morgan fingerprint density at radius 2 is 1.50 bits per heavy atom. The van der Waals surface area contributed by atoms with Crippen molar-refractivity contribution in [3.63, 3.8) is 0 Å². The van der Waals surface area contributed by atoms with Gasteiger partial charge in [0.1, 0.15) is 0 Å². The van der Waals surface area contributed by atoms with Crippen molar-refractivity contribution in [1.29, 1.82) is 0 Å². The molecule has 1 saturated heterocycles. The molecule has 5 nitrogen and oxygen atoms in total. The fraction of sp³-hybridized carbons (Fsp3) is 0.636. The molecule has 0 spiro atoms. The zero-order chi connectivity index (χ0) is 13.9. The molecule has 0 saturated carbocycles. The number of hydrogen-bond donors (Lipinski definition) is 0. The smallest absolute Gasteiger partial charge is 0.395 e. The van der Waals surface area contributed by atoms with E-state index in [1.165, 1.54) is 0 Å². The SMILES string of the molecule is C=CC1(C=C)CC[Si](OC)(OC)[Si](OC)(OC)O1. The fourth-order valence-electron chi connectivity index (χ4n) is 2.28. The molecule has 1 fully saturated rings. The van der Waals surface area contributed by atoms with Crippen molar-refractivity contribution in [2.45, 2.75) is 18.1 Å². The van der Waals surface area contributed by atoms with Gasteiger partial charge in [-0.15, -0.1) is 0 Å². The van der Waals surface area contributed by atoms with Crippen LogP contribution < -0.4 is 0 Å². The number of rotatable bonds is 6. The Morgan fingerprint density at radius 1 is 1.00 bits per heavy atom. The molecule has 18 heavy (non-hydrogen) atoms. The summed E-state index contributed by atoms with van der Waals surface area (Å²) in [6.07, 6.45) is 4.15. The van der Waals surface area contributed by atoms with Crippen LogP contribution in [0.2, 0.25) is 6.04 Å². The van der Waals surface area contributed by atoms with Crippen molar-refractivity contribution in [3.05, 3.63) is 25.3 Å². The van der Waals surface area contributed by atoms with Gasteiger partial charge in [0.15, 0.2) is 0 Å². The minimum Gasteiger partial charge on any atom is -0.395 e. The van der Waals surface area contributed by atoms with Gasteiger partial charge >= 0.3 is 16.4 Å². The van der Waals surface area contributed by atoms with Gasteiger partial charge in [-0.05, 0) is 12.5 Å². The molecule has 0 aromatic heterocycles. The summed E-state index contributed by atoms with van der Waals surface area (Å²) in [6, 6.07) is 0.714. The quantitative estimate of drug-likeness (QED) is 0.549. The van der Waals surface area contributed by atoms with Crippen LogP contribution in [0.5, 0.6) is 0 Å². The van der Waals surface area contributed by atoms with Crippen LogP contribution in [-0.4, -0.2) is 50.4 Å². The Labute approximate surface area is 111 Å². The van der Waals surface area contributed by atoms with Crippen molar-refractivity contribution >= 4 is 16.4 Å². The third-order valence-electron chi connectivity index (χ3n) is 3.52. The van der Waals surface area contributed by atoms with Crippen molar-refractivity contribution in [3.8, 4) is 0 Å². The first-order chi connectivity index (χ1) is 8.53. The number of hydrogen-bond acceptors (Lipinski definition) is 5. The first-order valence-corrected chi connectivity index (χ1v) is 10.5. The Hall–Kier alpha value is -0.286. The van der Waals surface area contributed by atoms with Crippen LogP contribution in [0, 0.1) is 0 Å². The van der Waals surface area contributed by atoms with E-state index in [-0.39, 0.29) is 0 Å². The lowest BCUT2D eigenvalue weighted by molar-refractivity contribution is 0.0233. The standard InChI is InChI=1S/C11H22O5Si2/c1-7-11(8-2)9-10-17(12-3,13-4)18(14-5,15-6)16-11/h7-8H,1-2,9-10H2,3-6H3. The zero-order valence-electron chi connectivity index (χ0n) is 11.5. The third-order valence-corrected chi connectivity index (χ3v) is 14.7. The zero-order valence-corrected chi connectivity index (χ0v) is 13.5. The van der Waals surface area contributed by atoms with Crippen molar-refractivity contribution in [2.75, 3.05) is 28.4 Å². The second-order valence-corrected chi connectivity index (χ2v) is 13.2. The maximum Gasteiger partial charge on any atom is 0.539 e. The summed E-state index contributed by atoms with van der Waals surface area (Å²) in [7, 11) is 0.681. The van der Waals surface area contributed by atoms with Crippen LogP contribution in [0.1, 0.15) is 6.42 Å². The van der Waals surface area contributed by atoms with Gasteiger partial charge in [0, 0.05) is 28.4 Å². The average molecular weight is 290 g/mol. The maximum absolute atomic E-state index is 6.13. The van der Waals surface area contributed by atoms with Crippen molar-refractivity contribution in [1.82, 2.24) is 0 Å². The van der Waals surface area contributed by atoms with Gasteiger partial charge in [-0.3, -0.25) is 0 Å². The van der Waals surface area contributed by atoms with Crippen LogP contribution in [0.4, 0.5) is 0 Å². The van der Waals surface area contributed by atoms with Gasteiger partial charge in [0.2, 0.25) is 0 Å². The van der Waals surface area contributed by atoms with E-state index in [0.29, 0.717) is 12.5 Å². The van der Waals surface area contributed by atoms with E-state index in [2.05, 4.69) is 13.2 Å². The molecule has 1 rings (SSSR count). The van der Waals surface area contributed by atoms with E-state index < -0.39 is 22.0 Å². The molecule has 104 valence electrons. The summed E-state index contributed by atoms with van der Waals surface area (Å²) in [5.74, 6) is 0. The molecule has 0 amide bonds. The van der Waals surface area contributed by atoms with Crippen LogP contribution in [0.3, 0.4) is 0 Å². The van der Waals surface area contributed by atoms with E-state index in [1.807, 2.05) is 0 Å². The minimum absolute atomic E-state index is 0.633. The average Bonchev–Trinajstić information content (AvgIpc) is 2.46. The van der Waals surface area contributed by atoms with E-state index in [9.17, 15) is 0 Å². The second kappa shape index (κ2) is 5.78. The largest absolute Gasteiger partial charge is 0.539 e. The van der Waals surface area contributed by atoms with E-state index in [0.717, 1.165) is 0 Å². The summed E-state index contributed by atoms with van der Waals surface area (Å²) in [4.78, 5) is 0. The summed E-state index contributed by atoms with van der Waals surface area (Å²) < 4.78 is 28.6. The molecule has 0 aromatic carbocycles. The molecule has 0 aliphatic carbocycles. The Morgan fingerprint density at radius 3 is 1.83 bits per heavy atom. The molecule has 0 bridgehead atoms. The molecular weight excluding hydrogens is 268 g/mol. The van der Waals surface area contributed by atoms with E-state index in [1.54, 1.807) is 40.6 Å². The van der Waals surface area contributed by atoms with E-state index in [4.69, 9.17) is 22.1 Å². The van der Waals surface area contributed by atoms with Gasteiger partial charge in [-0.1, -0.05) is 25.3 Å². The van der Waals surface area contributed by atoms with Crippen LogP contribution in [0.25, 0.3) is 0 Å². The normalized spacial score (nSPS) is 24.4. The Balaban J connectivity index is 3.22. The van der Waals surface area contributed by atoms with Crippen molar-refractivity contribution in [2.24, 2.45) is 0 Å². The van der Waals surface area contributed by atoms with Crippen LogP contribution in [0.15, 0.2) is 25.3 Å². The van der Waals surface area contributed by atoms with Gasteiger partial charge in [0.25, 0.3) is 0 Å². The summed E-state index contributed by atoms with van der Waals surface area (Å²) in [6.45, 7) is 7.62. The van der Waals surface area contributed by atoms with Gasteiger partial charge in [-0.25, -0.2) is 0 Å². The third kappa shape index (κ3) is 2.16. The van der Waals surface area contributed by atoms with Gasteiger partial charge in [-0.2, -0.15) is 0 Å². The maximum atomic E-state index is 6.13. The first-order valence-electron chi connectivity index (χ1n) is 5.71. The molecule has 0 atom stereocenters. The molecule has 1 heterocycles. The second-order valence-electron chi connectivity index (χ2n) is 4.09.